The van der Waals surface area contributed by atoms with Crippen molar-refractivity contribution in [2.75, 3.05) is 5.33 Å². The van der Waals surface area contributed by atoms with E-state index < -0.39 is 0 Å². The zero-order chi connectivity index (χ0) is 11.0. The Kier molecular flexibility index (Phi) is 3.08. The van der Waals surface area contributed by atoms with Gasteiger partial charge < -0.3 is 4.57 Å². The predicted octanol–water partition coefficient (Wildman–Crippen LogP) is 4.33. The Morgan fingerprint density at radius 1 is 1.47 bits per heavy atom. The third kappa shape index (κ3) is 1.93. The average Bonchev–Trinajstić information content (AvgIpc) is 2.55. The number of fused-ring (bicyclic) bond motifs is 1. The summed E-state index contributed by atoms with van der Waals surface area (Å²) >= 11 is 9.52. The Bertz CT molecular complexity index is 490. The molecule has 15 heavy (non-hydrogen) atoms. The number of aromatic nitrogens is 1. The van der Waals surface area contributed by atoms with E-state index in [9.17, 15) is 0 Å². The molecular formula is C12H13BrClN. The number of halogens is 2. The second-order valence-corrected chi connectivity index (χ2v) is 5.00. The van der Waals surface area contributed by atoms with Crippen LogP contribution in [-0.2, 0) is 7.05 Å². The van der Waals surface area contributed by atoms with Crippen molar-refractivity contribution in [2.45, 2.75) is 12.8 Å². The SMILES string of the molecule is CC(CBr)c1cn(C)c2cc(Cl)ccc12. The molecular weight excluding hydrogens is 273 g/mol. The average molecular weight is 287 g/mol. The summed E-state index contributed by atoms with van der Waals surface area (Å²) in [5.41, 5.74) is 2.58. The fraction of sp³-hybridized carbons (Fsp3) is 0.333. The molecule has 0 fully saturated rings. The molecule has 80 valence electrons. The van der Waals surface area contributed by atoms with Crippen LogP contribution in [0.5, 0.6) is 0 Å². The van der Waals surface area contributed by atoms with Gasteiger partial charge in [0.05, 0.1) is 0 Å². The minimum Gasteiger partial charge on any atom is -0.350 e. The number of benzene rings is 1. The fourth-order valence-electron chi connectivity index (χ4n) is 1.86. The number of alkyl halides is 1. The van der Waals surface area contributed by atoms with Crippen molar-refractivity contribution in [3.63, 3.8) is 0 Å². The highest BCUT2D eigenvalue weighted by atomic mass is 79.9. The molecule has 0 aliphatic heterocycles. The second-order valence-electron chi connectivity index (χ2n) is 3.91. The third-order valence-electron chi connectivity index (χ3n) is 2.75. The van der Waals surface area contributed by atoms with E-state index in [0.717, 1.165) is 10.4 Å². The van der Waals surface area contributed by atoms with Crippen molar-refractivity contribution in [1.29, 1.82) is 0 Å². The Balaban J connectivity index is 2.68. The van der Waals surface area contributed by atoms with Crippen LogP contribution < -0.4 is 0 Å². The maximum atomic E-state index is 5.99. The highest BCUT2D eigenvalue weighted by molar-refractivity contribution is 9.09. The van der Waals surface area contributed by atoms with Gasteiger partial charge in [0.1, 0.15) is 0 Å². The first-order chi connectivity index (χ1) is 7.13. The topological polar surface area (TPSA) is 4.93 Å². The lowest BCUT2D eigenvalue weighted by atomic mass is 10.0. The van der Waals surface area contributed by atoms with Crippen LogP contribution in [0.25, 0.3) is 10.9 Å². The lowest BCUT2D eigenvalue weighted by Gasteiger charge is -2.05. The van der Waals surface area contributed by atoms with E-state index in [4.69, 9.17) is 11.6 Å². The first-order valence-corrected chi connectivity index (χ1v) is 6.44. The molecule has 1 aromatic carbocycles. The Morgan fingerprint density at radius 2 is 2.20 bits per heavy atom. The smallest absolute Gasteiger partial charge is 0.0495 e. The molecule has 0 radical (unpaired) electrons. The van der Waals surface area contributed by atoms with Gasteiger partial charge in [0.2, 0.25) is 0 Å². The van der Waals surface area contributed by atoms with Gasteiger partial charge in [-0.25, -0.2) is 0 Å². The molecule has 2 rings (SSSR count). The van der Waals surface area contributed by atoms with Gasteiger partial charge in [-0.05, 0) is 23.6 Å². The van der Waals surface area contributed by atoms with E-state index >= 15 is 0 Å². The maximum Gasteiger partial charge on any atom is 0.0495 e. The van der Waals surface area contributed by atoms with Gasteiger partial charge >= 0.3 is 0 Å². The first-order valence-electron chi connectivity index (χ1n) is 4.94. The number of rotatable bonds is 2. The molecule has 3 heteroatoms. The van der Waals surface area contributed by atoms with Gasteiger partial charge in [0, 0.05) is 34.5 Å². The summed E-state index contributed by atoms with van der Waals surface area (Å²) in [6.07, 6.45) is 2.19. The summed E-state index contributed by atoms with van der Waals surface area (Å²) in [4.78, 5) is 0. The van der Waals surface area contributed by atoms with E-state index in [1.165, 1.54) is 16.5 Å². The van der Waals surface area contributed by atoms with Crippen molar-refractivity contribution in [2.24, 2.45) is 7.05 Å². The van der Waals surface area contributed by atoms with Gasteiger partial charge in [-0.3, -0.25) is 0 Å². The van der Waals surface area contributed by atoms with Crippen LogP contribution in [-0.4, -0.2) is 9.90 Å². The number of hydrogen-bond acceptors (Lipinski definition) is 0. The van der Waals surface area contributed by atoms with Crippen molar-refractivity contribution in [1.82, 2.24) is 4.57 Å². The van der Waals surface area contributed by atoms with Crippen molar-refractivity contribution >= 4 is 38.4 Å². The summed E-state index contributed by atoms with van der Waals surface area (Å²) in [6, 6.07) is 6.07. The third-order valence-corrected chi connectivity index (χ3v) is 3.95. The van der Waals surface area contributed by atoms with E-state index in [0.29, 0.717) is 5.92 Å². The molecule has 0 spiro atoms. The number of aryl methyl sites for hydroxylation is 1. The molecule has 1 unspecified atom stereocenters. The van der Waals surface area contributed by atoms with Crippen LogP contribution >= 0.6 is 27.5 Å². The predicted molar refractivity (Wildman–Crippen MR) is 70.1 cm³/mol. The molecule has 0 bridgehead atoms. The summed E-state index contributed by atoms with van der Waals surface area (Å²) < 4.78 is 2.13. The van der Waals surface area contributed by atoms with E-state index in [1.54, 1.807) is 0 Å². The van der Waals surface area contributed by atoms with E-state index in [-0.39, 0.29) is 0 Å². The zero-order valence-corrected chi connectivity index (χ0v) is 11.1. The fourth-order valence-corrected chi connectivity index (χ4v) is 2.38. The lowest BCUT2D eigenvalue weighted by molar-refractivity contribution is 0.874. The second kappa shape index (κ2) is 4.18. The van der Waals surface area contributed by atoms with Crippen molar-refractivity contribution in [3.05, 3.63) is 35.0 Å². The normalized spacial score (nSPS) is 13.3. The molecule has 2 aromatic rings. The maximum absolute atomic E-state index is 5.99. The number of hydrogen-bond donors (Lipinski definition) is 0. The molecule has 0 aliphatic rings. The molecule has 0 N–H and O–H groups in total. The largest absolute Gasteiger partial charge is 0.350 e. The van der Waals surface area contributed by atoms with Gasteiger partial charge in [-0.1, -0.05) is 40.5 Å². The van der Waals surface area contributed by atoms with Crippen LogP contribution in [0, 0.1) is 0 Å². The molecule has 0 saturated carbocycles. The van der Waals surface area contributed by atoms with Crippen molar-refractivity contribution in [3.8, 4) is 0 Å². The van der Waals surface area contributed by atoms with Crippen LogP contribution in [0.1, 0.15) is 18.4 Å². The van der Waals surface area contributed by atoms with Gasteiger partial charge in [-0.15, -0.1) is 0 Å². The van der Waals surface area contributed by atoms with Crippen LogP contribution in [0.15, 0.2) is 24.4 Å². The van der Waals surface area contributed by atoms with E-state index in [1.807, 2.05) is 12.1 Å². The molecule has 1 nitrogen and oxygen atoms in total. The Morgan fingerprint density at radius 3 is 2.87 bits per heavy atom. The summed E-state index contributed by atoms with van der Waals surface area (Å²) in [7, 11) is 2.06. The van der Waals surface area contributed by atoms with Gasteiger partial charge in [0.25, 0.3) is 0 Å². The molecule has 1 atom stereocenters. The minimum absolute atomic E-state index is 0.523. The summed E-state index contributed by atoms with van der Waals surface area (Å²) in [5, 5.41) is 3.07. The molecule has 1 aromatic heterocycles. The summed E-state index contributed by atoms with van der Waals surface area (Å²) in [5.74, 6) is 0.523. The lowest BCUT2D eigenvalue weighted by Crippen LogP contribution is -1.92. The minimum atomic E-state index is 0.523. The molecule has 0 aliphatic carbocycles. The highest BCUT2D eigenvalue weighted by Gasteiger charge is 2.11. The van der Waals surface area contributed by atoms with Gasteiger partial charge in [0.15, 0.2) is 0 Å². The van der Waals surface area contributed by atoms with Crippen LogP contribution in [0.4, 0.5) is 0 Å². The molecule has 0 saturated heterocycles. The Labute approximate surface area is 103 Å². The number of nitrogens with zero attached hydrogens (tertiary/aromatic N) is 1. The quantitative estimate of drug-likeness (QED) is 0.724. The van der Waals surface area contributed by atoms with Crippen molar-refractivity contribution < 1.29 is 0 Å². The Hall–Kier alpha value is -0.470. The summed E-state index contributed by atoms with van der Waals surface area (Å²) in [6.45, 7) is 2.22. The first kappa shape index (κ1) is 11.0. The van der Waals surface area contributed by atoms with E-state index in [2.05, 4.69) is 46.7 Å². The van der Waals surface area contributed by atoms with Crippen LogP contribution in [0.2, 0.25) is 5.02 Å². The molecule has 1 heterocycles. The monoisotopic (exact) mass is 285 g/mol. The van der Waals surface area contributed by atoms with Crippen LogP contribution in [0.3, 0.4) is 0 Å². The zero-order valence-electron chi connectivity index (χ0n) is 8.80. The van der Waals surface area contributed by atoms with Gasteiger partial charge in [-0.2, -0.15) is 0 Å². The standard InChI is InChI=1S/C12H13BrClN/c1-8(6-13)11-7-15(2)12-5-9(14)3-4-10(11)12/h3-5,7-8H,6H2,1-2H3. The molecule has 0 amide bonds. The highest BCUT2D eigenvalue weighted by Crippen LogP contribution is 2.29.